The fraction of sp³-hybridized carbons (Fsp3) is 0.346. The zero-order valence-corrected chi connectivity index (χ0v) is 21.7. The number of nitrogens with one attached hydrogen (secondary N) is 2. The molecule has 0 fully saturated rings. The van der Waals surface area contributed by atoms with Crippen LogP contribution in [0.1, 0.15) is 49.5 Å². The Kier molecular flexibility index (Phi) is 7.73. The molecule has 2 heterocycles. The number of aryl methyl sites for hydroxylation is 2. The fourth-order valence-corrected chi connectivity index (χ4v) is 4.55. The molecule has 1 atom stereocenters. The van der Waals surface area contributed by atoms with Crippen LogP contribution in [0, 0.1) is 6.92 Å². The van der Waals surface area contributed by atoms with E-state index >= 15 is 0 Å². The third-order valence-electron chi connectivity index (χ3n) is 5.94. The van der Waals surface area contributed by atoms with Gasteiger partial charge >= 0.3 is 0 Å². The standard InChI is InChI=1S/C26H30N6O3S/c1-5-13-31-24(35)20-12-9-18(23(34)27-17(4)6-2)14-21(20)32-25(31)29-30-26(32)36-15-22(33)28-19-10-7-16(3)8-11-19/h7-12,14,17H,5-6,13,15H2,1-4H3,(H,27,34)(H,28,33). The van der Waals surface area contributed by atoms with Crippen LogP contribution in [0.15, 0.2) is 52.4 Å². The molecule has 4 aromatic rings. The predicted molar refractivity (Wildman–Crippen MR) is 143 cm³/mol. The molecule has 4 rings (SSSR count). The van der Waals surface area contributed by atoms with Crippen LogP contribution in [0.25, 0.3) is 16.7 Å². The van der Waals surface area contributed by atoms with E-state index in [-0.39, 0.29) is 29.2 Å². The summed E-state index contributed by atoms with van der Waals surface area (Å²) in [5.41, 5.74) is 2.62. The second kappa shape index (κ2) is 10.9. The Hall–Kier alpha value is -3.66. The lowest BCUT2D eigenvalue weighted by atomic mass is 10.1. The van der Waals surface area contributed by atoms with Gasteiger partial charge in [-0.25, -0.2) is 0 Å². The molecule has 0 saturated heterocycles. The maximum atomic E-state index is 13.3. The molecule has 188 valence electrons. The quantitative estimate of drug-likeness (QED) is 0.332. The molecule has 2 aromatic heterocycles. The second-order valence-corrected chi connectivity index (χ2v) is 9.73. The summed E-state index contributed by atoms with van der Waals surface area (Å²) in [6, 6.07) is 12.6. The van der Waals surface area contributed by atoms with Crippen molar-refractivity contribution in [2.24, 2.45) is 0 Å². The van der Waals surface area contributed by atoms with Gasteiger partial charge in [0.2, 0.25) is 11.7 Å². The van der Waals surface area contributed by atoms with Crippen molar-refractivity contribution >= 4 is 45.9 Å². The number of carbonyl (C=O) groups is 2. The summed E-state index contributed by atoms with van der Waals surface area (Å²) in [4.78, 5) is 38.6. The Morgan fingerprint density at radius 2 is 1.83 bits per heavy atom. The number of rotatable bonds is 9. The van der Waals surface area contributed by atoms with E-state index in [0.29, 0.717) is 33.9 Å². The molecule has 36 heavy (non-hydrogen) atoms. The van der Waals surface area contributed by atoms with Crippen LogP contribution in [0.5, 0.6) is 0 Å². The second-order valence-electron chi connectivity index (χ2n) is 8.79. The third-order valence-corrected chi connectivity index (χ3v) is 6.87. The molecular weight excluding hydrogens is 476 g/mol. The van der Waals surface area contributed by atoms with Crippen molar-refractivity contribution in [3.63, 3.8) is 0 Å². The van der Waals surface area contributed by atoms with Crippen LogP contribution in [0.2, 0.25) is 0 Å². The highest BCUT2D eigenvalue weighted by atomic mass is 32.2. The summed E-state index contributed by atoms with van der Waals surface area (Å²) in [7, 11) is 0. The van der Waals surface area contributed by atoms with Gasteiger partial charge in [0.25, 0.3) is 11.5 Å². The summed E-state index contributed by atoms with van der Waals surface area (Å²) in [6.45, 7) is 8.39. The predicted octanol–water partition coefficient (Wildman–Crippen LogP) is 4.02. The number of thioether (sulfide) groups is 1. The SMILES string of the molecule is CCCn1c(=O)c2ccc(C(=O)NC(C)CC)cc2n2c(SCC(=O)Nc3ccc(C)cc3)nnc12. The lowest BCUT2D eigenvalue weighted by Gasteiger charge is -2.14. The van der Waals surface area contributed by atoms with E-state index in [1.807, 2.05) is 52.0 Å². The Balaban J connectivity index is 1.71. The van der Waals surface area contributed by atoms with Gasteiger partial charge in [0.05, 0.1) is 16.7 Å². The number of carbonyl (C=O) groups excluding carboxylic acids is 2. The minimum atomic E-state index is -0.211. The average molecular weight is 507 g/mol. The first-order chi connectivity index (χ1) is 17.3. The largest absolute Gasteiger partial charge is 0.350 e. The minimum absolute atomic E-state index is 0.0267. The fourth-order valence-electron chi connectivity index (χ4n) is 3.81. The van der Waals surface area contributed by atoms with E-state index in [1.54, 1.807) is 27.2 Å². The lowest BCUT2D eigenvalue weighted by Crippen LogP contribution is -2.32. The van der Waals surface area contributed by atoms with Crippen molar-refractivity contribution in [1.29, 1.82) is 0 Å². The molecule has 0 bridgehead atoms. The first-order valence-electron chi connectivity index (χ1n) is 12.0. The van der Waals surface area contributed by atoms with E-state index < -0.39 is 0 Å². The first kappa shape index (κ1) is 25.4. The molecule has 0 saturated carbocycles. The van der Waals surface area contributed by atoms with Gasteiger partial charge in [-0.1, -0.05) is 43.3 Å². The molecule has 2 N–H and O–H groups in total. The monoisotopic (exact) mass is 506 g/mol. The maximum Gasteiger partial charge on any atom is 0.262 e. The molecule has 2 aromatic carbocycles. The third kappa shape index (κ3) is 5.28. The highest BCUT2D eigenvalue weighted by Crippen LogP contribution is 2.23. The van der Waals surface area contributed by atoms with E-state index in [1.165, 1.54) is 11.8 Å². The van der Waals surface area contributed by atoms with Gasteiger partial charge in [-0.3, -0.25) is 23.4 Å². The van der Waals surface area contributed by atoms with Gasteiger partial charge < -0.3 is 10.6 Å². The van der Waals surface area contributed by atoms with Crippen molar-refractivity contribution in [3.8, 4) is 0 Å². The number of benzene rings is 2. The number of nitrogens with zero attached hydrogens (tertiary/aromatic N) is 4. The van der Waals surface area contributed by atoms with Gasteiger partial charge in [-0.15, -0.1) is 10.2 Å². The smallest absolute Gasteiger partial charge is 0.262 e. The molecule has 0 spiro atoms. The summed E-state index contributed by atoms with van der Waals surface area (Å²) in [5.74, 6) is 0.102. The number of amides is 2. The lowest BCUT2D eigenvalue weighted by molar-refractivity contribution is -0.113. The Labute approximate surface area is 213 Å². The van der Waals surface area contributed by atoms with Crippen LogP contribution >= 0.6 is 11.8 Å². The molecule has 2 amide bonds. The highest BCUT2D eigenvalue weighted by Gasteiger charge is 2.19. The first-order valence-corrected chi connectivity index (χ1v) is 13.0. The molecule has 0 aliphatic carbocycles. The van der Waals surface area contributed by atoms with Gasteiger partial charge in [0, 0.05) is 23.8 Å². The highest BCUT2D eigenvalue weighted by molar-refractivity contribution is 7.99. The van der Waals surface area contributed by atoms with Crippen molar-refractivity contribution in [1.82, 2.24) is 24.5 Å². The van der Waals surface area contributed by atoms with E-state index in [4.69, 9.17) is 0 Å². The number of aromatic nitrogens is 4. The van der Waals surface area contributed by atoms with Crippen LogP contribution in [-0.4, -0.2) is 42.8 Å². The summed E-state index contributed by atoms with van der Waals surface area (Å²) < 4.78 is 3.35. The van der Waals surface area contributed by atoms with Gasteiger partial charge in [-0.2, -0.15) is 0 Å². The van der Waals surface area contributed by atoms with Crippen molar-refractivity contribution < 1.29 is 9.59 Å². The molecule has 1 unspecified atom stereocenters. The number of anilines is 1. The zero-order chi connectivity index (χ0) is 25.8. The average Bonchev–Trinajstić information content (AvgIpc) is 3.30. The van der Waals surface area contributed by atoms with E-state index in [0.717, 1.165) is 24.1 Å². The number of hydrogen-bond donors (Lipinski definition) is 2. The van der Waals surface area contributed by atoms with Crippen molar-refractivity contribution in [2.75, 3.05) is 11.1 Å². The Morgan fingerprint density at radius 1 is 1.08 bits per heavy atom. The summed E-state index contributed by atoms with van der Waals surface area (Å²) >= 11 is 1.22. The minimum Gasteiger partial charge on any atom is -0.350 e. The molecular formula is C26H30N6O3S. The van der Waals surface area contributed by atoms with E-state index in [9.17, 15) is 14.4 Å². The molecule has 0 aliphatic rings. The summed E-state index contributed by atoms with van der Waals surface area (Å²) in [5, 5.41) is 15.3. The van der Waals surface area contributed by atoms with E-state index in [2.05, 4.69) is 20.8 Å². The topological polar surface area (TPSA) is 110 Å². The van der Waals surface area contributed by atoms with Gasteiger partial charge in [0.1, 0.15) is 0 Å². The van der Waals surface area contributed by atoms with Gasteiger partial charge in [0.15, 0.2) is 5.16 Å². The number of hydrogen-bond acceptors (Lipinski definition) is 6. The van der Waals surface area contributed by atoms with Crippen LogP contribution < -0.4 is 16.2 Å². The van der Waals surface area contributed by atoms with Crippen LogP contribution in [0.4, 0.5) is 5.69 Å². The molecule has 0 aliphatic heterocycles. The molecule has 10 heteroatoms. The number of fused-ring (bicyclic) bond motifs is 3. The maximum absolute atomic E-state index is 13.3. The summed E-state index contributed by atoms with van der Waals surface area (Å²) in [6.07, 6.45) is 1.55. The van der Waals surface area contributed by atoms with Gasteiger partial charge in [-0.05, 0) is 57.0 Å². The van der Waals surface area contributed by atoms with Crippen molar-refractivity contribution in [2.45, 2.75) is 58.3 Å². The van der Waals surface area contributed by atoms with Crippen molar-refractivity contribution in [3.05, 3.63) is 63.9 Å². The normalized spacial score (nSPS) is 12.1. The zero-order valence-electron chi connectivity index (χ0n) is 20.9. The Morgan fingerprint density at radius 3 is 2.53 bits per heavy atom. The molecule has 0 radical (unpaired) electrons. The molecule has 9 nitrogen and oxygen atoms in total. The van der Waals surface area contributed by atoms with Crippen LogP contribution in [0.3, 0.4) is 0 Å². The van der Waals surface area contributed by atoms with Crippen LogP contribution in [-0.2, 0) is 11.3 Å². The Bertz CT molecular complexity index is 1480.